The highest BCUT2D eigenvalue weighted by Crippen LogP contribution is 2.39. The minimum Gasteiger partial charge on any atom is -0.493 e. The van der Waals surface area contributed by atoms with E-state index >= 15 is 0 Å². The van der Waals surface area contributed by atoms with E-state index in [1.807, 2.05) is 0 Å². The van der Waals surface area contributed by atoms with Crippen LogP contribution in [-0.4, -0.2) is 51.5 Å². The first-order valence-electron chi connectivity index (χ1n) is 10.2. The number of rotatable bonds is 6. The second kappa shape index (κ2) is 8.96. The molecule has 2 heterocycles. The molecule has 1 aliphatic heterocycles. The van der Waals surface area contributed by atoms with Crippen molar-refractivity contribution >= 4 is 32.3 Å². The summed E-state index contributed by atoms with van der Waals surface area (Å²) in [7, 11) is -3.76. The maximum absolute atomic E-state index is 13.1. The third-order valence-corrected chi connectivity index (χ3v) is 8.47. The van der Waals surface area contributed by atoms with Crippen molar-refractivity contribution in [3.8, 4) is 11.8 Å². The SMILES string of the molecule is CCOc1ccc(S(=O)(=O)N2CCOCC2)cc1C(=O)Nc1sc2c(c1C#N)CCC2. The highest BCUT2D eigenvalue weighted by Gasteiger charge is 2.29. The fourth-order valence-electron chi connectivity index (χ4n) is 3.85. The Morgan fingerprint density at radius 3 is 2.81 bits per heavy atom. The Morgan fingerprint density at radius 2 is 2.10 bits per heavy atom. The zero-order chi connectivity index (χ0) is 22.0. The number of morpholine rings is 1. The van der Waals surface area contributed by atoms with Gasteiger partial charge in [0.1, 0.15) is 16.8 Å². The molecule has 1 amide bonds. The van der Waals surface area contributed by atoms with Gasteiger partial charge in [-0.05, 0) is 49.9 Å². The van der Waals surface area contributed by atoms with Gasteiger partial charge in [-0.3, -0.25) is 4.79 Å². The van der Waals surface area contributed by atoms with Gasteiger partial charge in [-0.2, -0.15) is 9.57 Å². The van der Waals surface area contributed by atoms with E-state index in [2.05, 4.69) is 11.4 Å². The molecule has 0 atom stereocenters. The van der Waals surface area contributed by atoms with Crippen LogP contribution in [0.4, 0.5) is 5.00 Å². The average Bonchev–Trinajstić information content (AvgIpc) is 3.35. The average molecular weight is 462 g/mol. The number of nitriles is 1. The van der Waals surface area contributed by atoms with E-state index in [0.29, 0.717) is 36.1 Å². The zero-order valence-corrected chi connectivity index (χ0v) is 18.8. The van der Waals surface area contributed by atoms with Gasteiger partial charge in [0.2, 0.25) is 10.0 Å². The molecule has 2 aromatic rings. The molecule has 1 N–H and O–H groups in total. The monoisotopic (exact) mass is 461 g/mol. The van der Waals surface area contributed by atoms with Crippen LogP contribution in [0.1, 0.15) is 39.7 Å². The van der Waals surface area contributed by atoms with Crippen molar-refractivity contribution in [1.82, 2.24) is 4.31 Å². The van der Waals surface area contributed by atoms with Crippen molar-refractivity contribution in [2.45, 2.75) is 31.1 Å². The third-order valence-electron chi connectivity index (χ3n) is 5.36. The second-order valence-electron chi connectivity index (χ2n) is 7.23. The summed E-state index contributed by atoms with van der Waals surface area (Å²) in [5.41, 5.74) is 1.63. The van der Waals surface area contributed by atoms with Crippen LogP contribution in [0.2, 0.25) is 0 Å². The number of carbonyl (C=O) groups excluding carboxylic acids is 1. The van der Waals surface area contributed by atoms with E-state index < -0.39 is 15.9 Å². The molecule has 31 heavy (non-hydrogen) atoms. The third kappa shape index (κ3) is 4.19. The van der Waals surface area contributed by atoms with Gasteiger partial charge in [-0.1, -0.05) is 0 Å². The van der Waals surface area contributed by atoms with Crippen LogP contribution >= 0.6 is 11.3 Å². The van der Waals surface area contributed by atoms with Crippen LogP contribution in [-0.2, 0) is 27.6 Å². The van der Waals surface area contributed by atoms with Gasteiger partial charge in [0.05, 0.1) is 35.8 Å². The summed E-state index contributed by atoms with van der Waals surface area (Å²) in [5.74, 6) is -0.206. The Balaban J connectivity index is 1.67. The normalized spacial score (nSPS) is 16.5. The van der Waals surface area contributed by atoms with Gasteiger partial charge in [0.15, 0.2) is 0 Å². The summed E-state index contributed by atoms with van der Waals surface area (Å²) in [5, 5.41) is 12.9. The van der Waals surface area contributed by atoms with Gasteiger partial charge in [-0.25, -0.2) is 8.42 Å². The zero-order valence-electron chi connectivity index (χ0n) is 17.1. The summed E-state index contributed by atoms with van der Waals surface area (Å²) in [6, 6.07) is 6.50. The predicted octanol–water partition coefficient (Wildman–Crippen LogP) is 2.78. The molecule has 0 bridgehead atoms. The van der Waals surface area contributed by atoms with Crippen LogP contribution in [0.25, 0.3) is 0 Å². The summed E-state index contributed by atoms with van der Waals surface area (Å²) >= 11 is 1.41. The molecule has 1 aromatic carbocycles. The second-order valence-corrected chi connectivity index (χ2v) is 10.3. The number of thiophene rings is 1. The van der Waals surface area contributed by atoms with Crippen molar-refractivity contribution in [1.29, 1.82) is 5.26 Å². The van der Waals surface area contributed by atoms with Crippen molar-refractivity contribution in [3.63, 3.8) is 0 Å². The van der Waals surface area contributed by atoms with Gasteiger partial charge in [0, 0.05) is 18.0 Å². The number of amides is 1. The van der Waals surface area contributed by atoms with E-state index in [-0.39, 0.29) is 23.5 Å². The van der Waals surface area contributed by atoms with Crippen LogP contribution in [0.5, 0.6) is 5.75 Å². The van der Waals surface area contributed by atoms with Gasteiger partial charge in [-0.15, -0.1) is 11.3 Å². The standard InChI is InChI=1S/C21H23N3O5S2/c1-2-29-18-7-6-14(31(26,27)24-8-10-28-11-9-24)12-16(18)20(25)23-21-17(13-22)15-4-3-5-19(15)30-21/h6-7,12H,2-5,8-11H2,1H3,(H,23,25). The number of benzene rings is 1. The summed E-state index contributed by atoms with van der Waals surface area (Å²) in [6.45, 7) is 3.32. The van der Waals surface area contributed by atoms with Crippen LogP contribution in [0.3, 0.4) is 0 Å². The molecule has 0 radical (unpaired) electrons. The first kappa shape index (κ1) is 21.8. The Bertz CT molecular complexity index is 1140. The van der Waals surface area contributed by atoms with Gasteiger partial charge in [0.25, 0.3) is 5.91 Å². The molecule has 1 aromatic heterocycles. The Kier molecular flexibility index (Phi) is 6.29. The first-order valence-corrected chi connectivity index (χ1v) is 12.4. The van der Waals surface area contributed by atoms with Crippen molar-refractivity contribution in [2.75, 3.05) is 38.2 Å². The molecule has 2 aliphatic rings. The maximum atomic E-state index is 13.1. The number of nitrogens with zero attached hydrogens (tertiary/aromatic N) is 2. The lowest BCUT2D eigenvalue weighted by molar-refractivity contribution is 0.0730. The molecule has 1 fully saturated rings. The molecule has 1 aliphatic carbocycles. The lowest BCUT2D eigenvalue weighted by Gasteiger charge is -2.26. The number of ether oxygens (including phenoxy) is 2. The van der Waals surface area contributed by atoms with Crippen LogP contribution in [0.15, 0.2) is 23.1 Å². The molecule has 0 unspecified atom stereocenters. The topological polar surface area (TPSA) is 109 Å². The van der Waals surface area contributed by atoms with Gasteiger partial charge >= 0.3 is 0 Å². The smallest absolute Gasteiger partial charge is 0.260 e. The number of nitrogens with one attached hydrogen (secondary N) is 1. The minimum atomic E-state index is -3.76. The van der Waals surface area contributed by atoms with Crippen LogP contribution < -0.4 is 10.1 Å². The fourth-order valence-corrected chi connectivity index (χ4v) is 6.51. The quantitative estimate of drug-likeness (QED) is 0.709. The van der Waals surface area contributed by atoms with E-state index in [9.17, 15) is 18.5 Å². The number of anilines is 1. The molecule has 0 spiro atoms. The molecular weight excluding hydrogens is 438 g/mol. The summed E-state index contributed by atoms with van der Waals surface area (Å²) in [4.78, 5) is 14.3. The first-order chi connectivity index (χ1) is 15.0. The molecule has 164 valence electrons. The number of fused-ring (bicyclic) bond motifs is 1. The van der Waals surface area contributed by atoms with Crippen molar-refractivity contribution in [2.24, 2.45) is 0 Å². The number of hydrogen-bond donors (Lipinski definition) is 1. The Morgan fingerprint density at radius 1 is 1.32 bits per heavy atom. The van der Waals surface area contributed by atoms with E-state index in [4.69, 9.17) is 9.47 Å². The van der Waals surface area contributed by atoms with E-state index in [0.717, 1.165) is 29.7 Å². The molecule has 4 rings (SSSR count). The Hall–Kier alpha value is -2.45. The highest BCUT2D eigenvalue weighted by molar-refractivity contribution is 7.89. The van der Waals surface area contributed by atoms with Crippen molar-refractivity contribution in [3.05, 3.63) is 39.8 Å². The van der Waals surface area contributed by atoms with Crippen molar-refractivity contribution < 1.29 is 22.7 Å². The lowest BCUT2D eigenvalue weighted by Crippen LogP contribution is -2.40. The minimum absolute atomic E-state index is 0.0252. The molecule has 1 saturated heterocycles. The number of sulfonamides is 1. The summed E-state index contributed by atoms with van der Waals surface area (Å²) < 4.78 is 38.3. The number of carbonyl (C=O) groups is 1. The highest BCUT2D eigenvalue weighted by atomic mass is 32.2. The maximum Gasteiger partial charge on any atom is 0.260 e. The van der Waals surface area contributed by atoms with E-state index in [1.54, 1.807) is 6.92 Å². The van der Waals surface area contributed by atoms with Gasteiger partial charge < -0.3 is 14.8 Å². The molecule has 0 saturated carbocycles. The van der Waals surface area contributed by atoms with E-state index in [1.165, 1.54) is 33.8 Å². The number of hydrogen-bond acceptors (Lipinski definition) is 7. The molecule has 8 nitrogen and oxygen atoms in total. The lowest BCUT2D eigenvalue weighted by atomic mass is 10.1. The molecule has 10 heteroatoms. The summed E-state index contributed by atoms with van der Waals surface area (Å²) in [6.07, 6.45) is 2.75. The van der Waals surface area contributed by atoms with Crippen LogP contribution in [0, 0.1) is 11.3 Å². The Labute approximate surface area is 185 Å². The number of aryl methyl sites for hydroxylation is 1. The largest absolute Gasteiger partial charge is 0.493 e. The molecular formula is C21H23N3O5S2. The fraction of sp³-hybridized carbons (Fsp3) is 0.429. The predicted molar refractivity (Wildman–Crippen MR) is 116 cm³/mol.